The minimum atomic E-state index is 0.393. The normalized spacial score (nSPS) is 25.0. The van der Waals surface area contributed by atoms with Crippen molar-refractivity contribution in [3.8, 4) is 0 Å². The molecule has 1 aliphatic carbocycles. The molecule has 0 bridgehead atoms. The van der Waals surface area contributed by atoms with E-state index in [-0.39, 0.29) is 0 Å². The molecule has 0 aromatic heterocycles. The molecular formula is C22H19N. The number of nitrogens with one attached hydrogen (secondary N) is 1. The van der Waals surface area contributed by atoms with Crippen LogP contribution in [0.1, 0.15) is 29.5 Å². The van der Waals surface area contributed by atoms with Gasteiger partial charge in [0.2, 0.25) is 0 Å². The van der Waals surface area contributed by atoms with Gasteiger partial charge in [-0.3, -0.25) is 0 Å². The van der Waals surface area contributed by atoms with Gasteiger partial charge in [-0.05, 0) is 40.3 Å². The summed E-state index contributed by atoms with van der Waals surface area (Å²) in [5.41, 5.74) is 4.17. The van der Waals surface area contributed by atoms with Crippen LogP contribution in [-0.2, 0) is 0 Å². The van der Waals surface area contributed by atoms with E-state index in [2.05, 4.69) is 84.2 Å². The van der Waals surface area contributed by atoms with E-state index in [1.165, 1.54) is 27.6 Å². The molecule has 3 aromatic rings. The summed E-state index contributed by atoms with van der Waals surface area (Å²) in [5, 5.41) is 6.57. The molecule has 0 spiro atoms. The third-order valence-electron chi connectivity index (χ3n) is 5.41. The van der Waals surface area contributed by atoms with E-state index in [4.69, 9.17) is 0 Å². The molecule has 1 N–H and O–H groups in total. The topological polar surface area (TPSA) is 12.0 Å². The lowest BCUT2D eigenvalue weighted by molar-refractivity contribution is 0.427. The van der Waals surface area contributed by atoms with Crippen molar-refractivity contribution in [2.45, 2.75) is 18.4 Å². The molecule has 1 heterocycles. The maximum atomic E-state index is 3.84. The molecule has 0 amide bonds. The second-order valence-electron chi connectivity index (χ2n) is 6.63. The Labute approximate surface area is 136 Å². The molecule has 1 aliphatic heterocycles. The predicted molar refractivity (Wildman–Crippen MR) is 96.7 cm³/mol. The predicted octanol–water partition coefficient (Wildman–Crippen LogP) is 5.67. The summed E-state index contributed by atoms with van der Waals surface area (Å²) in [5.74, 6) is 1.12. The van der Waals surface area contributed by atoms with E-state index in [1.54, 1.807) is 0 Å². The van der Waals surface area contributed by atoms with Gasteiger partial charge in [-0.2, -0.15) is 0 Å². The molecule has 1 nitrogen and oxygen atoms in total. The first-order valence-corrected chi connectivity index (χ1v) is 8.41. The average Bonchev–Trinajstić information content (AvgIpc) is 3.11. The molecule has 0 saturated heterocycles. The van der Waals surface area contributed by atoms with Gasteiger partial charge in [-0.25, -0.2) is 0 Å². The van der Waals surface area contributed by atoms with Gasteiger partial charge in [-0.1, -0.05) is 72.8 Å². The first kappa shape index (κ1) is 13.0. The number of hydrogen-bond donors (Lipinski definition) is 1. The van der Waals surface area contributed by atoms with E-state index >= 15 is 0 Å². The summed E-state index contributed by atoms with van der Waals surface area (Å²) < 4.78 is 0. The fourth-order valence-corrected chi connectivity index (χ4v) is 4.37. The number of benzene rings is 3. The van der Waals surface area contributed by atoms with Crippen molar-refractivity contribution in [1.82, 2.24) is 0 Å². The molecule has 112 valence electrons. The van der Waals surface area contributed by atoms with Crippen LogP contribution in [0.15, 0.2) is 78.9 Å². The summed E-state index contributed by atoms with van der Waals surface area (Å²) in [6, 6.07) is 24.5. The van der Waals surface area contributed by atoms with Crippen LogP contribution in [0.25, 0.3) is 10.8 Å². The fraction of sp³-hybridized carbons (Fsp3) is 0.182. The summed E-state index contributed by atoms with van der Waals surface area (Å²) >= 11 is 0. The van der Waals surface area contributed by atoms with Gasteiger partial charge >= 0.3 is 0 Å². The van der Waals surface area contributed by atoms with Crippen LogP contribution in [0.3, 0.4) is 0 Å². The zero-order chi connectivity index (χ0) is 15.2. The molecule has 3 atom stereocenters. The van der Waals surface area contributed by atoms with Crippen LogP contribution in [0.4, 0.5) is 5.69 Å². The lowest BCUT2D eigenvalue weighted by atomic mass is 9.75. The summed E-state index contributed by atoms with van der Waals surface area (Å²) in [6.45, 7) is 0. The largest absolute Gasteiger partial charge is 0.378 e. The lowest BCUT2D eigenvalue weighted by Crippen LogP contribution is -2.29. The quantitative estimate of drug-likeness (QED) is 0.571. The Balaban J connectivity index is 1.71. The van der Waals surface area contributed by atoms with Crippen LogP contribution in [0.2, 0.25) is 0 Å². The first-order chi connectivity index (χ1) is 11.4. The molecule has 2 aliphatic rings. The SMILES string of the molecule is C1=C[C@@H]2c3c(ccc4ccccc34)N[C@@H](c3ccccc3)[C@H]2C1. The average molecular weight is 297 g/mol. The van der Waals surface area contributed by atoms with E-state index < -0.39 is 0 Å². The Morgan fingerprint density at radius 2 is 1.65 bits per heavy atom. The zero-order valence-electron chi connectivity index (χ0n) is 12.9. The number of hydrogen-bond acceptors (Lipinski definition) is 1. The van der Waals surface area contributed by atoms with E-state index in [0.717, 1.165) is 6.42 Å². The highest BCUT2D eigenvalue weighted by atomic mass is 15.0. The second-order valence-corrected chi connectivity index (χ2v) is 6.63. The maximum Gasteiger partial charge on any atom is 0.0553 e. The van der Waals surface area contributed by atoms with Crippen molar-refractivity contribution in [1.29, 1.82) is 0 Å². The molecule has 23 heavy (non-hydrogen) atoms. The Kier molecular flexibility index (Phi) is 2.81. The van der Waals surface area contributed by atoms with Gasteiger partial charge in [0.1, 0.15) is 0 Å². The summed E-state index contributed by atoms with van der Waals surface area (Å²) in [7, 11) is 0. The number of allylic oxidation sites excluding steroid dienone is 2. The molecule has 0 saturated carbocycles. The molecule has 3 aromatic carbocycles. The van der Waals surface area contributed by atoms with Crippen LogP contribution in [-0.4, -0.2) is 0 Å². The Hall–Kier alpha value is -2.54. The van der Waals surface area contributed by atoms with Crippen molar-refractivity contribution in [3.63, 3.8) is 0 Å². The first-order valence-electron chi connectivity index (χ1n) is 8.41. The standard InChI is InChI=1S/C22H19N/c1-2-8-16(9-3-1)22-19-12-6-11-18(19)21-17-10-5-4-7-15(17)13-14-20(21)23-22/h1-11,13-14,18-19,22-23H,12H2/t18-,19-,22-/m0/s1. The van der Waals surface area contributed by atoms with Crippen LogP contribution < -0.4 is 5.32 Å². The molecule has 1 heteroatoms. The minimum absolute atomic E-state index is 0.393. The van der Waals surface area contributed by atoms with E-state index in [1.807, 2.05) is 0 Å². The van der Waals surface area contributed by atoms with Gasteiger partial charge in [0.25, 0.3) is 0 Å². The van der Waals surface area contributed by atoms with Crippen molar-refractivity contribution < 1.29 is 0 Å². The van der Waals surface area contributed by atoms with Crippen molar-refractivity contribution >= 4 is 16.5 Å². The van der Waals surface area contributed by atoms with Crippen LogP contribution >= 0.6 is 0 Å². The molecule has 0 radical (unpaired) electrons. The monoisotopic (exact) mass is 297 g/mol. The van der Waals surface area contributed by atoms with Crippen molar-refractivity contribution in [2.24, 2.45) is 5.92 Å². The van der Waals surface area contributed by atoms with E-state index in [9.17, 15) is 0 Å². The van der Waals surface area contributed by atoms with Crippen molar-refractivity contribution in [3.05, 3.63) is 90.0 Å². The van der Waals surface area contributed by atoms with Crippen LogP contribution in [0, 0.1) is 5.92 Å². The van der Waals surface area contributed by atoms with Crippen LogP contribution in [0.5, 0.6) is 0 Å². The van der Waals surface area contributed by atoms with E-state index in [0.29, 0.717) is 17.9 Å². The summed E-state index contributed by atoms with van der Waals surface area (Å²) in [6.07, 6.45) is 5.94. The Morgan fingerprint density at radius 3 is 2.57 bits per heavy atom. The van der Waals surface area contributed by atoms with Gasteiger partial charge in [0, 0.05) is 11.6 Å². The fourth-order valence-electron chi connectivity index (χ4n) is 4.37. The lowest BCUT2D eigenvalue weighted by Gasteiger charge is -2.38. The number of rotatable bonds is 1. The van der Waals surface area contributed by atoms with Crippen molar-refractivity contribution in [2.75, 3.05) is 5.32 Å². The number of fused-ring (bicyclic) bond motifs is 5. The molecule has 5 rings (SSSR count). The third-order valence-corrected chi connectivity index (χ3v) is 5.41. The van der Waals surface area contributed by atoms with Gasteiger partial charge in [0.15, 0.2) is 0 Å². The zero-order valence-corrected chi connectivity index (χ0v) is 12.9. The smallest absolute Gasteiger partial charge is 0.0553 e. The Morgan fingerprint density at radius 1 is 0.826 bits per heavy atom. The molecule has 0 fully saturated rings. The van der Waals surface area contributed by atoms with Gasteiger partial charge < -0.3 is 5.32 Å². The third kappa shape index (κ3) is 1.93. The Bertz CT molecular complexity index is 894. The molecular weight excluding hydrogens is 278 g/mol. The minimum Gasteiger partial charge on any atom is -0.378 e. The summed E-state index contributed by atoms with van der Waals surface area (Å²) in [4.78, 5) is 0. The maximum absolute atomic E-state index is 3.84. The number of anilines is 1. The van der Waals surface area contributed by atoms with Gasteiger partial charge in [0.05, 0.1) is 6.04 Å². The highest BCUT2D eigenvalue weighted by molar-refractivity contribution is 5.91. The molecule has 0 unspecified atom stereocenters. The second kappa shape index (κ2) is 4.99. The highest BCUT2D eigenvalue weighted by Gasteiger charge is 2.38. The van der Waals surface area contributed by atoms with Gasteiger partial charge in [-0.15, -0.1) is 0 Å². The highest BCUT2D eigenvalue weighted by Crippen LogP contribution is 2.51.